The van der Waals surface area contributed by atoms with Gasteiger partial charge in [0, 0.05) is 0 Å². The van der Waals surface area contributed by atoms with Crippen LogP contribution in [0, 0.1) is 0 Å². The van der Waals surface area contributed by atoms with Crippen LogP contribution >= 0.6 is 0 Å². The van der Waals surface area contributed by atoms with Crippen LogP contribution in [0.5, 0.6) is 0 Å². The lowest BCUT2D eigenvalue weighted by molar-refractivity contribution is -0.895. The smallest absolute Gasteiger partial charge is 0.342 e. The Labute approximate surface area is 144 Å². The van der Waals surface area contributed by atoms with Gasteiger partial charge in [-0.15, -0.1) is 0 Å². The molecule has 140 valence electrons. The number of carbonyl (C=O) groups excluding carboxylic acids is 1. The third kappa shape index (κ3) is 6.63. The summed E-state index contributed by atoms with van der Waals surface area (Å²) in [7, 11) is -3.45. The van der Waals surface area contributed by atoms with Crippen LogP contribution in [0.1, 0.15) is 5.56 Å². The summed E-state index contributed by atoms with van der Waals surface area (Å²) >= 11 is 0. The second-order valence-corrected chi connectivity index (χ2v) is 7.93. The number of nitrogens with zero attached hydrogens (tertiary/aromatic N) is 1. The zero-order chi connectivity index (χ0) is 18.5. The minimum atomic E-state index is -4.44. The van der Waals surface area contributed by atoms with Gasteiger partial charge in [0.25, 0.3) is 5.91 Å². The van der Waals surface area contributed by atoms with Crippen LogP contribution in [0.15, 0.2) is 30.3 Å². The van der Waals surface area contributed by atoms with Crippen molar-refractivity contribution >= 4 is 15.9 Å². The fraction of sp³-hybridized carbons (Fsp3) is 0.533. The molecule has 0 aliphatic carbocycles. The molecule has 0 spiro atoms. The monoisotopic (exact) mass is 380 g/mol. The molecule has 25 heavy (non-hydrogen) atoms. The number of amides is 1. The fourth-order valence-corrected chi connectivity index (χ4v) is 4.16. The van der Waals surface area contributed by atoms with E-state index in [4.69, 9.17) is 0 Å². The van der Waals surface area contributed by atoms with Gasteiger partial charge in [-0.05, 0) is 5.56 Å². The van der Waals surface area contributed by atoms with Gasteiger partial charge < -0.3 is 10.2 Å². The zero-order valence-electron chi connectivity index (χ0n) is 13.6. The van der Waals surface area contributed by atoms with Crippen molar-refractivity contribution in [2.24, 2.45) is 0 Å². The standard InChI is InChI=1S/C15H20F3N3O3S/c16-15(17,18)12-19-14(22)10-20-6-8-21(9-7-20)25(23,24)11-13-4-2-1-3-5-13/h1-5H,6-12H2,(H,19,22)/p+1. The first kappa shape index (κ1) is 19.7. The predicted octanol–water partition coefficient (Wildman–Crippen LogP) is -0.605. The lowest BCUT2D eigenvalue weighted by Gasteiger charge is -2.31. The first-order valence-corrected chi connectivity index (χ1v) is 9.45. The molecule has 1 aromatic carbocycles. The molecule has 0 atom stereocenters. The van der Waals surface area contributed by atoms with Crippen molar-refractivity contribution in [3.05, 3.63) is 35.9 Å². The number of alkyl halides is 3. The van der Waals surface area contributed by atoms with Crippen molar-refractivity contribution in [3.63, 3.8) is 0 Å². The molecule has 0 unspecified atom stereocenters. The van der Waals surface area contributed by atoms with E-state index in [1.165, 1.54) is 4.31 Å². The minimum absolute atomic E-state index is 0.0881. The number of nitrogens with one attached hydrogen (secondary N) is 2. The Morgan fingerprint density at radius 1 is 1.16 bits per heavy atom. The second-order valence-electron chi connectivity index (χ2n) is 5.96. The molecule has 1 aliphatic rings. The van der Waals surface area contributed by atoms with Gasteiger partial charge in [0.15, 0.2) is 6.54 Å². The lowest BCUT2D eigenvalue weighted by atomic mass is 10.2. The Bertz CT molecular complexity index is 672. The Balaban J connectivity index is 1.80. The van der Waals surface area contributed by atoms with Crippen molar-refractivity contribution in [2.75, 3.05) is 39.3 Å². The number of carbonyl (C=O) groups is 1. The van der Waals surface area contributed by atoms with Gasteiger partial charge in [0.2, 0.25) is 10.0 Å². The topological polar surface area (TPSA) is 70.9 Å². The van der Waals surface area contributed by atoms with E-state index in [1.807, 2.05) is 11.4 Å². The van der Waals surface area contributed by atoms with E-state index in [0.717, 1.165) is 4.90 Å². The van der Waals surface area contributed by atoms with Crippen LogP contribution in [-0.4, -0.2) is 64.1 Å². The number of quaternary nitrogens is 1. The van der Waals surface area contributed by atoms with Gasteiger partial charge in [-0.1, -0.05) is 30.3 Å². The molecule has 1 aromatic rings. The summed E-state index contributed by atoms with van der Waals surface area (Å²) in [6.45, 7) is -0.186. The van der Waals surface area contributed by atoms with Crippen LogP contribution in [0.25, 0.3) is 0 Å². The zero-order valence-corrected chi connectivity index (χ0v) is 14.4. The van der Waals surface area contributed by atoms with E-state index in [-0.39, 0.29) is 25.4 Å². The van der Waals surface area contributed by atoms with Gasteiger partial charge in [0.1, 0.15) is 6.54 Å². The molecule has 0 saturated carbocycles. The van der Waals surface area contributed by atoms with E-state index in [0.29, 0.717) is 18.7 Å². The average Bonchev–Trinajstić information content (AvgIpc) is 2.53. The summed E-state index contributed by atoms with van der Waals surface area (Å²) in [4.78, 5) is 12.3. The molecule has 1 aliphatic heterocycles. The van der Waals surface area contributed by atoms with Crippen molar-refractivity contribution in [1.82, 2.24) is 9.62 Å². The Hall–Kier alpha value is -1.65. The molecule has 10 heteroatoms. The van der Waals surface area contributed by atoms with Crippen molar-refractivity contribution in [3.8, 4) is 0 Å². The average molecular weight is 380 g/mol. The van der Waals surface area contributed by atoms with E-state index < -0.39 is 28.7 Å². The summed E-state index contributed by atoms with van der Waals surface area (Å²) in [5.41, 5.74) is 0.698. The van der Waals surface area contributed by atoms with Crippen molar-refractivity contribution < 1.29 is 31.3 Å². The fourth-order valence-electron chi connectivity index (χ4n) is 2.62. The number of hydrogen-bond donors (Lipinski definition) is 2. The van der Waals surface area contributed by atoms with Gasteiger partial charge in [-0.2, -0.15) is 17.5 Å². The molecular weight excluding hydrogens is 359 g/mol. The third-order valence-electron chi connectivity index (χ3n) is 3.91. The highest BCUT2D eigenvalue weighted by Crippen LogP contribution is 2.12. The molecule has 0 aromatic heterocycles. The lowest BCUT2D eigenvalue weighted by Crippen LogP contribution is -3.15. The van der Waals surface area contributed by atoms with E-state index in [2.05, 4.69) is 0 Å². The number of rotatable bonds is 6. The molecule has 2 rings (SSSR count). The Morgan fingerprint density at radius 2 is 1.76 bits per heavy atom. The molecule has 0 bridgehead atoms. The Kier molecular flexibility index (Phi) is 6.42. The molecule has 2 N–H and O–H groups in total. The number of halogens is 3. The molecule has 1 amide bonds. The maximum absolute atomic E-state index is 12.4. The maximum Gasteiger partial charge on any atom is 0.405 e. The van der Waals surface area contributed by atoms with E-state index in [9.17, 15) is 26.4 Å². The van der Waals surface area contributed by atoms with Crippen LogP contribution in [0.3, 0.4) is 0 Å². The summed E-state index contributed by atoms with van der Waals surface area (Å²) in [5.74, 6) is -0.775. The maximum atomic E-state index is 12.4. The van der Waals surface area contributed by atoms with Gasteiger partial charge in [-0.25, -0.2) is 8.42 Å². The van der Waals surface area contributed by atoms with E-state index >= 15 is 0 Å². The van der Waals surface area contributed by atoms with Crippen molar-refractivity contribution in [2.45, 2.75) is 11.9 Å². The summed E-state index contributed by atoms with van der Waals surface area (Å²) < 4.78 is 62.4. The highest BCUT2D eigenvalue weighted by atomic mass is 32.2. The van der Waals surface area contributed by atoms with Crippen LogP contribution < -0.4 is 10.2 Å². The van der Waals surface area contributed by atoms with Gasteiger partial charge in [-0.3, -0.25) is 4.79 Å². The van der Waals surface area contributed by atoms with E-state index in [1.54, 1.807) is 24.3 Å². The van der Waals surface area contributed by atoms with Gasteiger partial charge >= 0.3 is 6.18 Å². The molecule has 0 radical (unpaired) electrons. The SMILES string of the molecule is O=C(C[NH+]1CCN(S(=O)(=O)Cc2ccccc2)CC1)NCC(F)(F)F. The molecule has 1 saturated heterocycles. The number of benzene rings is 1. The van der Waals surface area contributed by atoms with Gasteiger partial charge in [0.05, 0.1) is 31.9 Å². The number of piperazine rings is 1. The highest BCUT2D eigenvalue weighted by molar-refractivity contribution is 7.88. The minimum Gasteiger partial charge on any atom is -0.342 e. The van der Waals surface area contributed by atoms with Crippen molar-refractivity contribution in [1.29, 1.82) is 0 Å². The second kappa shape index (κ2) is 8.15. The highest BCUT2D eigenvalue weighted by Gasteiger charge is 2.31. The Morgan fingerprint density at radius 3 is 2.32 bits per heavy atom. The number of hydrogen-bond acceptors (Lipinski definition) is 3. The summed E-state index contributed by atoms with van der Waals surface area (Å²) in [6, 6.07) is 8.83. The molecule has 1 fully saturated rings. The first-order chi connectivity index (χ1) is 11.7. The number of sulfonamides is 1. The first-order valence-electron chi connectivity index (χ1n) is 7.84. The molecule has 6 nitrogen and oxygen atoms in total. The normalized spacial score (nSPS) is 17.4. The predicted molar refractivity (Wildman–Crippen MR) is 85.3 cm³/mol. The quantitative estimate of drug-likeness (QED) is 0.692. The van der Waals surface area contributed by atoms with Crippen LogP contribution in [0.2, 0.25) is 0 Å². The summed E-state index contributed by atoms with van der Waals surface area (Å²) in [6.07, 6.45) is -4.44. The molecule has 1 heterocycles. The largest absolute Gasteiger partial charge is 0.405 e. The molecular formula is C15H21F3N3O3S+. The third-order valence-corrected chi connectivity index (χ3v) is 5.76. The van der Waals surface area contributed by atoms with Crippen LogP contribution in [0.4, 0.5) is 13.2 Å². The summed E-state index contributed by atoms with van der Waals surface area (Å²) in [5, 5.41) is 1.83. The van der Waals surface area contributed by atoms with Crippen LogP contribution in [-0.2, 0) is 20.6 Å².